The Morgan fingerprint density at radius 1 is 1.38 bits per heavy atom. The minimum atomic E-state index is -0.456. The van der Waals surface area contributed by atoms with Crippen molar-refractivity contribution in [2.24, 2.45) is 0 Å². The Morgan fingerprint density at radius 2 is 2.10 bits per heavy atom. The molecule has 0 saturated carbocycles. The maximum absolute atomic E-state index is 12.2. The van der Waals surface area contributed by atoms with Gasteiger partial charge in [-0.1, -0.05) is 0 Å². The normalized spacial score (nSPS) is 19.6. The van der Waals surface area contributed by atoms with E-state index < -0.39 is 5.60 Å². The molecule has 21 heavy (non-hydrogen) atoms. The Kier molecular flexibility index (Phi) is 4.76. The van der Waals surface area contributed by atoms with E-state index in [2.05, 4.69) is 25.8 Å². The third-order valence-corrected chi connectivity index (χ3v) is 3.74. The first-order valence-corrected chi connectivity index (χ1v) is 7.91. The molecule has 0 aromatic carbocycles. The standard InChI is InChI=1S/C15H22BrN3O2/c1-11-10-18(13-7-12(16)8-17-9-13)5-6-19(11)14(20)21-15(2,3)4/h7-9,11H,5-6,10H2,1-4H3/t11-/m1/s1. The van der Waals surface area contributed by atoms with E-state index in [0.29, 0.717) is 6.54 Å². The van der Waals surface area contributed by atoms with Gasteiger partial charge < -0.3 is 14.5 Å². The molecule has 1 fully saturated rings. The third-order valence-electron chi connectivity index (χ3n) is 3.31. The summed E-state index contributed by atoms with van der Waals surface area (Å²) in [4.78, 5) is 20.4. The molecule has 0 spiro atoms. The molecular weight excluding hydrogens is 334 g/mol. The van der Waals surface area contributed by atoms with Crippen LogP contribution in [0, 0.1) is 0 Å². The van der Waals surface area contributed by atoms with E-state index in [1.807, 2.05) is 40.0 Å². The minimum absolute atomic E-state index is 0.104. The van der Waals surface area contributed by atoms with E-state index in [0.717, 1.165) is 23.2 Å². The summed E-state index contributed by atoms with van der Waals surface area (Å²) in [6, 6.07) is 2.15. The number of nitrogens with zero attached hydrogens (tertiary/aromatic N) is 3. The van der Waals surface area contributed by atoms with Crippen molar-refractivity contribution in [3.63, 3.8) is 0 Å². The summed E-state index contributed by atoms with van der Waals surface area (Å²) < 4.78 is 6.42. The Bertz CT molecular complexity index is 516. The highest BCUT2D eigenvalue weighted by molar-refractivity contribution is 9.10. The summed E-state index contributed by atoms with van der Waals surface area (Å²) >= 11 is 3.44. The van der Waals surface area contributed by atoms with Gasteiger partial charge in [-0.3, -0.25) is 4.98 Å². The largest absolute Gasteiger partial charge is 0.444 e. The molecule has 2 heterocycles. The van der Waals surface area contributed by atoms with Crippen molar-refractivity contribution in [2.45, 2.75) is 39.3 Å². The molecule has 2 rings (SSSR count). The molecule has 5 nitrogen and oxygen atoms in total. The monoisotopic (exact) mass is 355 g/mol. The van der Waals surface area contributed by atoms with Crippen molar-refractivity contribution >= 4 is 27.7 Å². The lowest BCUT2D eigenvalue weighted by atomic mass is 10.2. The number of pyridine rings is 1. The van der Waals surface area contributed by atoms with Crippen molar-refractivity contribution in [1.29, 1.82) is 0 Å². The van der Waals surface area contributed by atoms with Crippen molar-refractivity contribution in [2.75, 3.05) is 24.5 Å². The van der Waals surface area contributed by atoms with Crippen LogP contribution in [0.3, 0.4) is 0 Å². The van der Waals surface area contributed by atoms with E-state index in [1.165, 1.54) is 0 Å². The van der Waals surface area contributed by atoms with E-state index in [1.54, 1.807) is 11.1 Å². The average Bonchev–Trinajstić information content (AvgIpc) is 2.36. The quantitative estimate of drug-likeness (QED) is 0.775. The summed E-state index contributed by atoms with van der Waals surface area (Å²) in [5.41, 5.74) is 0.613. The third kappa shape index (κ3) is 4.33. The van der Waals surface area contributed by atoms with Crippen molar-refractivity contribution in [1.82, 2.24) is 9.88 Å². The first kappa shape index (κ1) is 16.1. The van der Waals surface area contributed by atoms with Crippen molar-refractivity contribution in [3.8, 4) is 0 Å². The van der Waals surface area contributed by atoms with Gasteiger partial charge in [0.05, 0.1) is 11.9 Å². The maximum atomic E-state index is 12.2. The summed E-state index contributed by atoms with van der Waals surface area (Å²) in [6.07, 6.45) is 3.38. The van der Waals surface area contributed by atoms with E-state index >= 15 is 0 Å². The van der Waals surface area contributed by atoms with Crippen LogP contribution in [0.5, 0.6) is 0 Å². The summed E-state index contributed by atoms with van der Waals surface area (Å²) in [5, 5.41) is 0. The molecule has 1 amide bonds. The predicted octanol–water partition coefficient (Wildman–Crippen LogP) is 3.29. The SMILES string of the molecule is C[C@@H]1CN(c2cncc(Br)c2)CCN1C(=O)OC(C)(C)C. The maximum Gasteiger partial charge on any atom is 0.410 e. The number of rotatable bonds is 1. The summed E-state index contributed by atoms with van der Waals surface area (Å²) in [5.74, 6) is 0. The van der Waals surface area contributed by atoms with Gasteiger partial charge in [0.1, 0.15) is 5.60 Å². The number of amides is 1. The molecule has 1 saturated heterocycles. The molecule has 1 aromatic rings. The minimum Gasteiger partial charge on any atom is -0.444 e. The molecule has 6 heteroatoms. The Labute approximate surface area is 134 Å². The van der Waals surface area contributed by atoms with Crippen LogP contribution in [0.15, 0.2) is 22.9 Å². The highest BCUT2D eigenvalue weighted by Gasteiger charge is 2.30. The molecule has 1 atom stereocenters. The van der Waals surface area contributed by atoms with E-state index in [9.17, 15) is 4.79 Å². The number of halogens is 1. The number of hydrogen-bond acceptors (Lipinski definition) is 4. The number of hydrogen-bond donors (Lipinski definition) is 0. The van der Waals surface area contributed by atoms with Crippen LogP contribution in [-0.4, -0.2) is 47.3 Å². The lowest BCUT2D eigenvalue weighted by molar-refractivity contribution is 0.0159. The first-order chi connectivity index (χ1) is 9.76. The molecule has 1 aromatic heterocycles. The molecular formula is C15H22BrN3O2. The molecule has 1 aliphatic rings. The molecule has 1 aliphatic heterocycles. The topological polar surface area (TPSA) is 45.7 Å². The smallest absolute Gasteiger partial charge is 0.410 e. The first-order valence-electron chi connectivity index (χ1n) is 7.11. The fourth-order valence-electron chi connectivity index (χ4n) is 2.36. The molecule has 0 unspecified atom stereocenters. The van der Waals surface area contributed by atoms with Crippen molar-refractivity contribution < 1.29 is 9.53 Å². The van der Waals surface area contributed by atoms with Gasteiger partial charge >= 0.3 is 6.09 Å². The Balaban J connectivity index is 2.01. The average molecular weight is 356 g/mol. The second kappa shape index (κ2) is 6.22. The van der Waals surface area contributed by atoms with Crippen LogP contribution in [0.2, 0.25) is 0 Å². The van der Waals surface area contributed by atoms with E-state index in [4.69, 9.17) is 4.74 Å². The zero-order chi connectivity index (χ0) is 15.6. The number of carbonyl (C=O) groups is 1. The van der Waals surface area contributed by atoms with Crippen LogP contribution in [0.1, 0.15) is 27.7 Å². The highest BCUT2D eigenvalue weighted by atomic mass is 79.9. The van der Waals surface area contributed by atoms with Gasteiger partial charge in [-0.05, 0) is 49.7 Å². The molecule has 116 valence electrons. The summed E-state index contributed by atoms with van der Waals surface area (Å²) in [7, 11) is 0. The van der Waals surface area contributed by atoms with Crippen LogP contribution in [0.4, 0.5) is 10.5 Å². The van der Waals surface area contributed by atoms with Crippen molar-refractivity contribution in [3.05, 3.63) is 22.9 Å². The lowest BCUT2D eigenvalue weighted by Crippen LogP contribution is -2.55. The van der Waals surface area contributed by atoms with Gasteiger partial charge in [-0.15, -0.1) is 0 Å². The number of ether oxygens (including phenoxy) is 1. The molecule has 0 aliphatic carbocycles. The number of aromatic nitrogens is 1. The van der Waals surface area contributed by atoms with Gasteiger partial charge in [0.15, 0.2) is 0 Å². The summed E-state index contributed by atoms with van der Waals surface area (Å²) in [6.45, 7) is 9.92. The molecule has 0 N–H and O–H groups in total. The zero-order valence-electron chi connectivity index (χ0n) is 13.0. The number of piperazine rings is 1. The van der Waals surface area contributed by atoms with Gasteiger partial charge in [-0.25, -0.2) is 4.79 Å². The highest BCUT2D eigenvalue weighted by Crippen LogP contribution is 2.22. The van der Waals surface area contributed by atoms with Crippen LogP contribution < -0.4 is 4.90 Å². The zero-order valence-corrected chi connectivity index (χ0v) is 14.6. The fourth-order valence-corrected chi connectivity index (χ4v) is 2.71. The second-order valence-electron chi connectivity index (χ2n) is 6.33. The second-order valence-corrected chi connectivity index (χ2v) is 7.25. The Hall–Kier alpha value is -1.30. The van der Waals surface area contributed by atoms with E-state index in [-0.39, 0.29) is 12.1 Å². The van der Waals surface area contributed by atoms with Gasteiger partial charge in [0, 0.05) is 36.3 Å². The van der Waals surface area contributed by atoms with Crippen LogP contribution in [0.25, 0.3) is 0 Å². The number of anilines is 1. The van der Waals surface area contributed by atoms with Crippen LogP contribution in [-0.2, 0) is 4.74 Å². The molecule has 0 bridgehead atoms. The van der Waals surface area contributed by atoms with Crippen LogP contribution >= 0.6 is 15.9 Å². The lowest BCUT2D eigenvalue weighted by Gasteiger charge is -2.41. The Morgan fingerprint density at radius 3 is 2.67 bits per heavy atom. The van der Waals surface area contributed by atoms with Gasteiger partial charge in [0.25, 0.3) is 0 Å². The molecule has 0 radical (unpaired) electrons. The van der Waals surface area contributed by atoms with Gasteiger partial charge in [-0.2, -0.15) is 0 Å². The van der Waals surface area contributed by atoms with Gasteiger partial charge in [0.2, 0.25) is 0 Å². The fraction of sp³-hybridized carbons (Fsp3) is 0.600. The number of carbonyl (C=O) groups excluding carboxylic acids is 1. The predicted molar refractivity (Wildman–Crippen MR) is 86.6 cm³/mol.